The summed E-state index contributed by atoms with van der Waals surface area (Å²) in [4.78, 5) is 30.6. The maximum atomic E-state index is 13.7. The van der Waals surface area contributed by atoms with E-state index in [1.807, 2.05) is 61.3 Å². The number of urea groups is 1. The fourth-order valence-corrected chi connectivity index (χ4v) is 4.70. The topological polar surface area (TPSA) is 76.0 Å². The first-order valence-electron chi connectivity index (χ1n) is 14.5. The Morgan fingerprint density at radius 3 is 2.39 bits per heavy atom. The third-order valence-electron chi connectivity index (χ3n) is 6.64. The Balaban J connectivity index is 1.74. The van der Waals surface area contributed by atoms with E-state index in [0.29, 0.717) is 57.3 Å². The van der Waals surface area contributed by atoms with Crippen LogP contribution in [0.25, 0.3) is 0 Å². The van der Waals surface area contributed by atoms with Crippen molar-refractivity contribution >= 4 is 33.6 Å². The standard InChI is InChI=1S/C32H43BrN4O4/c1-4-7-19-36(24-28-12-10-20-35(28)23-26-15-17-27(33)18-16-26)31(38)25-37(21-11-22-40-5-2)32(39)34-29-13-8-9-14-30(29)41-6-3/h8-10,12-18,20H,4-7,11,19,21-25H2,1-3H3,(H,34,39). The van der Waals surface area contributed by atoms with Gasteiger partial charge in [0.05, 0.1) is 18.8 Å². The zero-order valence-electron chi connectivity index (χ0n) is 24.5. The van der Waals surface area contributed by atoms with Gasteiger partial charge in [0.15, 0.2) is 0 Å². The van der Waals surface area contributed by atoms with Crippen LogP contribution in [0, 0.1) is 0 Å². The molecule has 0 fully saturated rings. The van der Waals surface area contributed by atoms with Crippen molar-refractivity contribution in [3.63, 3.8) is 0 Å². The molecule has 1 aromatic heterocycles. The summed E-state index contributed by atoms with van der Waals surface area (Å²) in [5.74, 6) is 0.513. The molecule has 0 bridgehead atoms. The first-order chi connectivity index (χ1) is 19.9. The minimum absolute atomic E-state index is 0.0219. The summed E-state index contributed by atoms with van der Waals surface area (Å²) in [6, 6.07) is 19.3. The van der Waals surface area contributed by atoms with Crippen LogP contribution in [0.2, 0.25) is 0 Å². The second-order valence-corrected chi connectivity index (χ2v) is 10.7. The first kappa shape index (κ1) is 32.2. The van der Waals surface area contributed by atoms with Crippen LogP contribution in [0.4, 0.5) is 10.5 Å². The van der Waals surface area contributed by atoms with Gasteiger partial charge in [-0.05, 0) is 68.7 Å². The van der Waals surface area contributed by atoms with Gasteiger partial charge in [0, 0.05) is 49.2 Å². The smallest absolute Gasteiger partial charge is 0.322 e. The van der Waals surface area contributed by atoms with Gasteiger partial charge in [-0.25, -0.2) is 4.79 Å². The van der Waals surface area contributed by atoms with E-state index in [9.17, 15) is 9.59 Å². The van der Waals surface area contributed by atoms with Crippen LogP contribution in [-0.2, 0) is 22.6 Å². The number of nitrogens with one attached hydrogen (secondary N) is 1. The lowest BCUT2D eigenvalue weighted by molar-refractivity contribution is -0.132. The second-order valence-electron chi connectivity index (χ2n) is 9.75. The molecule has 3 rings (SSSR count). The van der Waals surface area contributed by atoms with Crippen LogP contribution in [0.15, 0.2) is 71.3 Å². The van der Waals surface area contributed by atoms with Gasteiger partial charge >= 0.3 is 6.03 Å². The van der Waals surface area contributed by atoms with Crippen molar-refractivity contribution < 1.29 is 19.1 Å². The summed E-state index contributed by atoms with van der Waals surface area (Å²) in [6.45, 7) is 9.77. The van der Waals surface area contributed by atoms with Crippen LogP contribution in [-0.4, -0.2) is 65.8 Å². The van der Waals surface area contributed by atoms with Crippen LogP contribution in [0.3, 0.4) is 0 Å². The Morgan fingerprint density at radius 1 is 0.902 bits per heavy atom. The van der Waals surface area contributed by atoms with E-state index in [1.54, 1.807) is 11.0 Å². The van der Waals surface area contributed by atoms with E-state index in [2.05, 4.69) is 50.9 Å². The lowest BCUT2D eigenvalue weighted by atomic mass is 10.2. The van der Waals surface area contributed by atoms with E-state index < -0.39 is 0 Å². The number of amides is 3. The minimum atomic E-state index is -0.337. The maximum absolute atomic E-state index is 13.7. The van der Waals surface area contributed by atoms with E-state index in [-0.39, 0.29) is 18.5 Å². The fraction of sp³-hybridized carbons (Fsp3) is 0.438. The largest absolute Gasteiger partial charge is 0.492 e. The van der Waals surface area contributed by atoms with Gasteiger partial charge in [-0.3, -0.25) is 4.79 Å². The van der Waals surface area contributed by atoms with Gasteiger partial charge < -0.3 is 29.2 Å². The predicted octanol–water partition coefficient (Wildman–Crippen LogP) is 6.79. The summed E-state index contributed by atoms with van der Waals surface area (Å²) in [6.07, 6.45) is 4.53. The molecule has 0 unspecified atom stereocenters. The summed E-state index contributed by atoms with van der Waals surface area (Å²) < 4.78 is 14.4. The average Bonchev–Trinajstić information content (AvgIpc) is 3.41. The number of carbonyl (C=O) groups excluding carboxylic acids is 2. The molecule has 0 saturated carbocycles. The maximum Gasteiger partial charge on any atom is 0.322 e. The molecule has 1 heterocycles. The average molecular weight is 628 g/mol. The van der Waals surface area contributed by atoms with E-state index in [0.717, 1.165) is 29.6 Å². The number of ether oxygens (including phenoxy) is 2. The molecule has 9 heteroatoms. The molecule has 3 aromatic rings. The summed E-state index contributed by atoms with van der Waals surface area (Å²) in [7, 11) is 0. The molecule has 41 heavy (non-hydrogen) atoms. The Morgan fingerprint density at radius 2 is 1.66 bits per heavy atom. The van der Waals surface area contributed by atoms with Gasteiger partial charge in [0.1, 0.15) is 12.3 Å². The van der Waals surface area contributed by atoms with Crippen LogP contribution in [0.1, 0.15) is 51.3 Å². The molecule has 0 aliphatic heterocycles. The zero-order chi connectivity index (χ0) is 29.5. The number of hydrogen-bond donors (Lipinski definition) is 1. The van der Waals surface area contributed by atoms with Gasteiger partial charge in [-0.15, -0.1) is 0 Å². The molecule has 0 atom stereocenters. The predicted molar refractivity (Wildman–Crippen MR) is 167 cm³/mol. The second kappa shape index (κ2) is 17.5. The third-order valence-corrected chi connectivity index (χ3v) is 7.17. The Labute approximate surface area is 252 Å². The molecule has 0 aliphatic carbocycles. The van der Waals surface area contributed by atoms with Crippen molar-refractivity contribution in [3.05, 3.63) is 82.6 Å². The number of unbranched alkanes of at least 4 members (excludes halogenated alkanes) is 1. The number of halogens is 1. The van der Waals surface area contributed by atoms with Gasteiger partial charge in [-0.1, -0.05) is 53.5 Å². The van der Waals surface area contributed by atoms with Crippen molar-refractivity contribution in [2.75, 3.05) is 44.8 Å². The van der Waals surface area contributed by atoms with E-state index >= 15 is 0 Å². The quantitative estimate of drug-likeness (QED) is 0.167. The molecule has 8 nitrogen and oxygen atoms in total. The lowest BCUT2D eigenvalue weighted by Gasteiger charge is -2.28. The molecule has 0 aliphatic rings. The van der Waals surface area contributed by atoms with Gasteiger partial charge in [0.25, 0.3) is 0 Å². The fourth-order valence-electron chi connectivity index (χ4n) is 4.43. The Bertz CT molecular complexity index is 1210. The normalized spacial score (nSPS) is 10.8. The van der Waals surface area contributed by atoms with Crippen molar-refractivity contribution in [1.82, 2.24) is 14.4 Å². The first-order valence-corrected chi connectivity index (χ1v) is 15.3. The highest BCUT2D eigenvalue weighted by molar-refractivity contribution is 9.10. The Kier molecular flexibility index (Phi) is 13.8. The number of para-hydroxylation sites is 2. The van der Waals surface area contributed by atoms with Crippen LogP contribution >= 0.6 is 15.9 Å². The highest BCUT2D eigenvalue weighted by atomic mass is 79.9. The summed E-state index contributed by atoms with van der Waals surface area (Å²) in [5, 5.41) is 2.95. The van der Waals surface area contributed by atoms with E-state index in [4.69, 9.17) is 9.47 Å². The van der Waals surface area contributed by atoms with Gasteiger partial charge in [0.2, 0.25) is 5.91 Å². The highest BCUT2D eigenvalue weighted by Gasteiger charge is 2.23. The number of nitrogens with zero attached hydrogens (tertiary/aromatic N) is 3. The molecule has 1 N–H and O–H groups in total. The summed E-state index contributed by atoms with van der Waals surface area (Å²) in [5.41, 5.74) is 2.81. The number of anilines is 1. The molecule has 0 radical (unpaired) electrons. The number of rotatable bonds is 17. The van der Waals surface area contributed by atoms with Crippen molar-refractivity contribution in [1.29, 1.82) is 0 Å². The number of carbonyl (C=O) groups is 2. The number of hydrogen-bond acceptors (Lipinski definition) is 4. The van der Waals surface area contributed by atoms with Crippen molar-refractivity contribution in [2.24, 2.45) is 0 Å². The number of aromatic nitrogens is 1. The lowest BCUT2D eigenvalue weighted by Crippen LogP contribution is -2.45. The molecular formula is C32H43BrN4O4. The monoisotopic (exact) mass is 626 g/mol. The molecule has 3 amide bonds. The Hall–Kier alpha value is -3.30. The van der Waals surface area contributed by atoms with Crippen molar-refractivity contribution in [2.45, 2.75) is 53.1 Å². The van der Waals surface area contributed by atoms with Crippen molar-refractivity contribution in [3.8, 4) is 5.75 Å². The molecule has 0 spiro atoms. The minimum Gasteiger partial charge on any atom is -0.492 e. The number of benzene rings is 2. The van der Waals surface area contributed by atoms with Crippen LogP contribution < -0.4 is 10.1 Å². The van der Waals surface area contributed by atoms with E-state index in [1.165, 1.54) is 5.56 Å². The molecule has 2 aromatic carbocycles. The summed E-state index contributed by atoms with van der Waals surface area (Å²) >= 11 is 3.50. The zero-order valence-corrected chi connectivity index (χ0v) is 26.1. The highest BCUT2D eigenvalue weighted by Crippen LogP contribution is 2.24. The van der Waals surface area contributed by atoms with Crippen LogP contribution in [0.5, 0.6) is 5.75 Å². The third kappa shape index (κ3) is 10.6. The molecule has 0 saturated heterocycles. The SMILES string of the molecule is CCCCN(Cc1cccn1Cc1ccc(Br)cc1)C(=O)CN(CCCOCC)C(=O)Nc1ccccc1OCC. The van der Waals surface area contributed by atoms with Gasteiger partial charge in [-0.2, -0.15) is 0 Å². The molecule has 222 valence electrons. The molecular weight excluding hydrogens is 584 g/mol.